The molecule has 2 heterocycles. The van der Waals surface area contributed by atoms with Gasteiger partial charge in [-0.1, -0.05) is 42.5 Å². The number of hydrogen-bond donors (Lipinski definition) is 0. The first-order chi connectivity index (χ1) is 16.8. The third kappa shape index (κ3) is 4.66. The van der Waals surface area contributed by atoms with Crippen molar-refractivity contribution in [2.45, 2.75) is 13.2 Å². The van der Waals surface area contributed by atoms with Crippen molar-refractivity contribution in [2.24, 2.45) is 0 Å². The predicted octanol–water partition coefficient (Wildman–Crippen LogP) is 5.46. The third-order valence-electron chi connectivity index (χ3n) is 5.44. The zero-order valence-corrected chi connectivity index (χ0v) is 18.3. The number of anilines is 1. The van der Waals surface area contributed by atoms with Crippen LogP contribution in [0.5, 0.6) is 5.75 Å². The number of aromatic nitrogens is 3. The van der Waals surface area contributed by atoms with Crippen molar-refractivity contribution in [3.8, 4) is 22.9 Å². The fraction of sp³-hybridized carbons (Fsp3) is 0.0741. The minimum absolute atomic E-state index is 0.523. The van der Waals surface area contributed by atoms with Gasteiger partial charge in [-0.2, -0.15) is 5.26 Å². The van der Waals surface area contributed by atoms with Crippen molar-refractivity contribution >= 4 is 5.69 Å². The zero-order chi connectivity index (χ0) is 23.2. The summed E-state index contributed by atoms with van der Waals surface area (Å²) in [6.45, 7) is 1.09. The molecule has 7 heteroatoms. The lowest BCUT2D eigenvalue weighted by Crippen LogP contribution is -2.27. The Bertz CT molecular complexity index is 1370. The summed E-state index contributed by atoms with van der Waals surface area (Å²) in [6.07, 6.45) is 6.53. The van der Waals surface area contributed by atoms with Gasteiger partial charge in [0, 0.05) is 11.1 Å². The summed E-state index contributed by atoms with van der Waals surface area (Å²) in [5, 5.41) is 19.5. The Morgan fingerprint density at radius 3 is 2.41 bits per heavy atom. The third-order valence-corrected chi connectivity index (χ3v) is 5.44. The number of hydrogen-bond acceptors (Lipinski definition) is 6. The Kier molecular flexibility index (Phi) is 6.04. The largest absolute Gasteiger partial charge is 0.489 e. The van der Waals surface area contributed by atoms with Crippen molar-refractivity contribution in [2.75, 3.05) is 5.01 Å². The number of nitriles is 1. The summed E-state index contributed by atoms with van der Waals surface area (Å²) in [5.74, 6) is 0.809. The average Bonchev–Trinajstić information content (AvgIpc) is 3.62. The van der Waals surface area contributed by atoms with Crippen LogP contribution in [0, 0.1) is 11.3 Å². The van der Waals surface area contributed by atoms with E-state index in [0.717, 1.165) is 33.7 Å². The molecule has 0 N–H and O–H groups in total. The molecule has 0 aliphatic rings. The van der Waals surface area contributed by atoms with E-state index in [1.807, 2.05) is 88.5 Å². The van der Waals surface area contributed by atoms with Gasteiger partial charge in [0.25, 0.3) is 0 Å². The first-order valence-electron chi connectivity index (χ1n) is 10.7. The molecule has 0 fully saturated rings. The van der Waals surface area contributed by atoms with Crippen LogP contribution in [0.1, 0.15) is 16.7 Å². The van der Waals surface area contributed by atoms with Crippen LogP contribution in [-0.2, 0) is 13.2 Å². The first kappa shape index (κ1) is 21.0. The van der Waals surface area contributed by atoms with E-state index in [1.54, 1.807) is 25.2 Å². The van der Waals surface area contributed by atoms with Gasteiger partial charge >= 0.3 is 0 Å². The fourth-order valence-corrected chi connectivity index (χ4v) is 3.68. The van der Waals surface area contributed by atoms with E-state index in [1.165, 1.54) is 0 Å². The highest BCUT2D eigenvalue weighted by molar-refractivity contribution is 5.74. The molecule has 0 saturated carbocycles. The molecule has 0 aliphatic carbocycles. The van der Waals surface area contributed by atoms with Gasteiger partial charge in [-0.3, -0.25) is 5.01 Å². The standard InChI is InChI=1S/C27H21N5O2/c28-15-23-8-9-25(14-27(23)24-12-13-33-18-24)32(31-19-29-30-20-31)16-21-6-10-26(11-7-21)34-17-22-4-2-1-3-5-22/h1-14,18-20H,16-17H2. The summed E-state index contributed by atoms with van der Waals surface area (Å²) in [5.41, 5.74) is 5.32. The maximum absolute atomic E-state index is 9.58. The van der Waals surface area contributed by atoms with Crippen molar-refractivity contribution in [1.29, 1.82) is 5.26 Å². The van der Waals surface area contributed by atoms with E-state index in [2.05, 4.69) is 16.3 Å². The molecule has 3 aromatic carbocycles. The zero-order valence-electron chi connectivity index (χ0n) is 18.3. The molecule has 5 rings (SSSR count). The number of nitrogens with zero attached hydrogens (tertiary/aromatic N) is 5. The maximum Gasteiger partial charge on any atom is 0.139 e. The van der Waals surface area contributed by atoms with E-state index in [0.29, 0.717) is 18.7 Å². The number of benzene rings is 3. The van der Waals surface area contributed by atoms with E-state index in [-0.39, 0.29) is 0 Å². The second-order valence-electron chi connectivity index (χ2n) is 7.67. The minimum Gasteiger partial charge on any atom is -0.489 e. The average molecular weight is 447 g/mol. The number of ether oxygens (including phenoxy) is 1. The quantitative estimate of drug-likeness (QED) is 0.314. The fourth-order valence-electron chi connectivity index (χ4n) is 3.68. The molecule has 34 heavy (non-hydrogen) atoms. The Hall–Kier alpha value is -4.83. The lowest BCUT2D eigenvalue weighted by molar-refractivity contribution is 0.306. The van der Waals surface area contributed by atoms with Crippen LogP contribution < -0.4 is 9.75 Å². The van der Waals surface area contributed by atoms with Gasteiger partial charge in [-0.25, -0.2) is 4.68 Å². The second-order valence-corrected chi connectivity index (χ2v) is 7.67. The Labute approximate surface area is 197 Å². The van der Waals surface area contributed by atoms with Crippen LogP contribution in [0.4, 0.5) is 5.69 Å². The summed E-state index contributed by atoms with van der Waals surface area (Å²) in [4.78, 5) is 0. The summed E-state index contributed by atoms with van der Waals surface area (Å²) < 4.78 is 13.0. The molecule has 0 amide bonds. The molecule has 7 nitrogen and oxygen atoms in total. The SMILES string of the molecule is N#Cc1ccc(N(Cc2ccc(OCc3ccccc3)cc2)n2cnnc2)cc1-c1ccoc1. The first-order valence-corrected chi connectivity index (χ1v) is 10.7. The second kappa shape index (κ2) is 9.76. The van der Waals surface area contributed by atoms with Crippen LogP contribution in [0.25, 0.3) is 11.1 Å². The molecule has 0 unspecified atom stereocenters. The van der Waals surface area contributed by atoms with Gasteiger partial charge < -0.3 is 9.15 Å². The van der Waals surface area contributed by atoms with Gasteiger partial charge in [0.05, 0.1) is 36.4 Å². The molecule has 0 bridgehead atoms. The molecule has 2 aromatic heterocycles. The summed E-state index contributed by atoms with van der Waals surface area (Å²) in [7, 11) is 0. The minimum atomic E-state index is 0.523. The molecule has 0 saturated heterocycles. The van der Waals surface area contributed by atoms with Gasteiger partial charge in [-0.05, 0) is 47.5 Å². The Morgan fingerprint density at radius 2 is 1.71 bits per heavy atom. The molecular weight excluding hydrogens is 426 g/mol. The van der Waals surface area contributed by atoms with Crippen LogP contribution >= 0.6 is 0 Å². The van der Waals surface area contributed by atoms with Gasteiger partial charge in [0.2, 0.25) is 0 Å². The highest BCUT2D eigenvalue weighted by atomic mass is 16.5. The van der Waals surface area contributed by atoms with Crippen LogP contribution in [0.2, 0.25) is 0 Å². The number of rotatable bonds is 8. The smallest absolute Gasteiger partial charge is 0.139 e. The molecule has 0 aliphatic heterocycles. The maximum atomic E-state index is 9.58. The topological polar surface area (TPSA) is 80.1 Å². The molecule has 0 spiro atoms. The van der Waals surface area contributed by atoms with E-state index in [4.69, 9.17) is 9.15 Å². The van der Waals surface area contributed by atoms with Crippen molar-refractivity contribution in [3.63, 3.8) is 0 Å². The van der Waals surface area contributed by atoms with Crippen molar-refractivity contribution in [3.05, 3.63) is 121 Å². The van der Waals surface area contributed by atoms with Crippen LogP contribution in [-0.4, -0.2) is 14.9 Å². The lowest BCUT2D eigenvalue weighted by Gasteiger charge is -2.26. The summed E-state index contributed by atoms with van der Waals surface area (Å²) in [6, 6.07) is 27.9. The molecule has 0 atom stereocenters. The number of furan rings is 1. The highest BCUT2D eigenvalue weighted by Crippen LogP contribution is 2.30. The van der Waals surface area contributed by atoms with E-state index >= 15 is 0 Å². The molecule has 0 radical (unpaired) electrons. The Morgan fingerprint density at radius 1 is 0.912 bits per heavy atom. The van der Waals surface area contributed by atoms with Crippen molar-refractivity contribution < 1.29 is 9.15 Å². The molecule has 166 valence electrons. The lowest BCUT2D eigenvalue weighted by atomic mass is 10.0. The summed E-state index contributed by atoms with van der Waals surface area (Å²) >= 11 is 0. The van der Waals surface area contributed by atoms with E-state index < -0.39 is 0 Å². The molecular formula is C27H21N5O2. The van der Waals surface area contributed by atoms with Gasteiger partial charge in [-0.15, -0.1) is 10.2 Å². The van der Waals surface area contributed by atoms with Gasteiger partial charge in [0.1, 0.15) is 25.0 Å². The highest BCUT2D eigenvalue weighted by Gasteiger charge is 2.14. The van der Waals surface area contributed by atoms with Gasteiger partial charge in [0.15, 0.2) is 0 Å². The molecule has 5 aromatic rings. The van der Waals surface area contributed by atoms with Crippen LogP contribution in [0.3, 0.4) is 0 Å². The normalized spacial score (nSPS) is 10.6. The van der Waals surface area contributed by atoms with Crippen LogP contribution in [0.15, 0.2) is 108 Å². The monoisotopic (exact) mass is 447 g/mol. The Balaban J connectivity index is 1.39. The van der Waals surface area contributed by atoms with Crippen molar-refractivity contribution in [1.82, 2.24) is 14.9 Å². The van der Waals surface area contributed by atoms with E-state index in [9.17, 15) is 5.26 Å². The predicted molar refractivity (Wildman–Crippen MR) is 128 cm³/mol.